The molecule has 0 atom stereocenters. The lowest BCUT2D eigenvalue weighted by atomic mass is 10.1. The molecule has 1 heterocycles. The number of fused-ring (bicyclic) bond motifs is 2. The van der Waals surface area contributed by atoms with Gasteiger partial charge in [-0.15, -0.1) is 11.3 Å². The number of esters is 1. The van der Waals surface area contributed by atoms with Gasteiger partial charge >= 0.3 is 5.97 Å². The van der Waals surface area contributed by atoms with E-state index < -0.39 is 5.97 Å². The van der Waals surface area contributed by atoms with E-state index in [2.05, 4.69) is 6.58 Å². The van der Waals surface area contributed by atoms with E-state index in [4.69, 9.17) is 4.74 Å². The van der Waals surface area contributed by atoms with Gasteiger partial charge in [0.15, 0.2) is 5.43 Å². The minimum atomic E-state index is -0.574. The number of hydrogen-bond donors (Lipinski definition) is 0. The Morgan fingerprint density at radius 3 is 2.65 bits per heavy atom. The average molecular weight is 282 g/mol. The van der Waals surface area contributed by atoms with Gasteiger partial charge in [-0.1, -0.05) is 24.8 Å². The van der Waals surface area contributed by atoms with Gasteiger partial charge in [0.25, 0.3) is 0 Å². The summed E-state index contributed by atoms with van der Waals surface area (Å²) in [6, 6.07) is 12.6. The monoisotopic (exact) mass is 282 g/mol. The number of carbonyl (C=O) groups excluding carboxylic acids is 1. The van der Waals surface area contributed by atoms with Crippen LogP contribution in [-0.4, -0.2) is 5.97 Å². The van der Waals surface area contributed by atoms with Crippen LogP contribution in [-0.2, 0) is 4.79 Å². The second kappa shape index (κ2) is 4.90. The third-order valence-electron chi connectivity index (χ3n) is 2.94. The van der Waals surface area contributed by atoms with Crippen LogP contribution in [0.5, 0.6) is 5.75 Å². The fraction of sp³-hybridized carbons (Fsp3) is 0. The zero-order chi connectivity index (χ0) is 14.1. The van der Waals surface area contributed by atoms with Crippen LogP contribution in [0.2, 0.25) is 0 Å². The molecule has 0 aliphatic rings. The molecule has 3 aromatic rings. The summed E-state index contributed by atoms with van der Waals surface area (Å²) in [5.74, 6) is -0.297. The summed E-state index contributed by atoms with van der Waals surface area (Å²) in [5, 5.41) is 1.07. The molecule has 3 nitrogen and oxygen atoms in total. The largest absolute Gasteiger partial charge is 0.423 e. The molecule has 2 aromatic carbocycles. The molecule has 20 heavy (non-hydrogen) atoms. The van der Waals surface area contributed by atoms with Gasteiger partial charge in [-0.05, 0) is 24.3 Å². The molecule has 0 saturated heterocycles. The van der Waals surface area contributed by atoms with E-state index in [0.29, 0.717) is 10.8 Å². The fourth-order valence-corrected chi connectivity index (χ4v) is 3.15. The summed E-state index contributed by atoms with van der Waals surface area (Å²) < 4.78 is 6.86. The minimum absolute atomic E-state index is 0.123. The van der Waals surface area contributed by atoms with E-state index >= 15 is 0 Å². The first-order valence-corrected chi connectivity index (χ1v) is 6.81. The summed E-state index contributed by atoms with van der Waals surface area (Å²) in [4.78, 5) is 23.9. The van der Waals surface area contributed by atoms with E-state index in [9.17, 15) is 9.59 Å². The maximum atomic E-state index is 12.6. The van der Waals surface area contributed by atoms with Gasteiger partial charge in [0.05, 0.1) is 5.39 Å². The zero-order valence-corrected chi connectivity index (χ0v) is 11.3. The highest BCUT2D eigenvalue weighted by molar-refractivity contribution is 7.24. The molecule has 0 N–H and O–H groups in total. The second-order valence-electron chi connectivity index (χ2n) is 4.18. The predicted molar refractivity (Wildman–Crippen MR) is 81.4 cm³/mol. The highest BCUT2D eigenvalue weighted by Crippen LogP contribution is 2.30. The van der Waals surface area contributed by atoms with Crippen molar-refractivity contribution in [3.63, 3.8) is 0 Å². The number of benzene rings is 2. The smallest absolute Gasteiger partial charge is 0.335 e. The van der Waals surface area contributed by atoms with E-state index in [1.54, 1.807) is 18.2 Å². The van der Waals surface area contributed by atoms with E-state index in [0.717, 1.165) is 15.5 Å². The van der Waals surface area contributed by atoms with Crippen LogP contribution < -0.4 is 10.2 Å². The minimum Gasteiger partial charge on any atom is -0.423 e. The van der Waals surface area contributed by atoms with Gasteiger partial charge < -0.3 is 4.74 Å². The lowest BCUT2D eigenvalue weighted by molar-refractivity contribution is -0.128. The summed E-state index contributed by atoms with van der Waals surface area (Å²) in [6.45, 7) is 3.36. The zero-order valence-electron chi connectivity index (χ0n) is 10.5. The van der Waals surface area contributed by atoms with Crippen LogP contribution in [0.3, 0.4) is 0 Å². The van der Waals surface area contributed by atoms with Gasteiger partial charge in [-0.3, -0.25) is 4.79 Å². The molecular weight excluding hydrogens is 272 g/mol. The van der Waals surface area contributed by atoms with Crippen molar-refractivity contribution in [2.45, 2.75) is 0 Å². The number of ether oxygens (including phenoxy) is 1. The van der Waals surface area contributed by atoms with Crippen LogP contribution in [0.4, 0.5) is 0 Å². The quantitative estimate of drug-likeness (QED) is 0.313. The first-order valence-electron chi connectivity index (χ1n) is 5.99. The standard InChI is InChI=1S/C16H10O3S/c1-2-14(17)19-11-7-5-9-13-15(11)16(18)10-6-3-4-8-12(10)20-13/h2-9H,1H2. The van der Waals surface area contributed by atoms with Crippen LogP contribution in [0.15, 0.2) is 59.9 Å². The van der Waals surface area contributed by atoms with Crippen molar-refractivity contribution in [1.29, 1.82) is 0 Å². The van der Waals surface area contributed by atoms with Gasteiger partial charge in [0.1, 0.15) is 5.75 Å². The third-order valence-corrected chi connectivity index (χ3v) is 4.08. The molecule has 1 aromatic heterocycles. The van der Waals surface area contributed by atoms with Crippen molar-refractivity contribution in [2.24, 2.45) is 0 Å². The topological polar surface area (TPSA) is 43.4 Å². The van der Waals surface area contributed by atoms with Crippen LogP contribution in [0.1, 0.15) is 0 Å². The highest BCUT2D eigenvalue weighted by atomic mass is 32.1. The molecular formula is C16H10O3S. The molecule has 98 valence electrons. The Balaban J connectivity index is 2.38. The molecule has 0 fully saturated rings. The van der Waals surface area contributed by atoms with Crippen LogP contribution in [0, 0.1) is 0 Å². The van der Waals surface area contributed by atoms with Gasteiger partial charge in [0.2, 0.25) is 0 Å². The maximum absolute atomic E-state index is 12.6. The number of hydrogen-bond acceptors (Lipinski definition) is 4. The van der Waals surface area contributed by atoms with Crippen molar-refractivity contribution < 1.29 is 9.53 Å². The van der Waals surface area contributed by atoms with Gasteiger partial charge in [0, 0.05) is 20.9 Å². The van der Waals surface area contributed by atoms with E-state index in [-0.39, 0.29) is 11.2 Å². The first kappa shape index (κ1) is 12.6. The Kier molecular flexibility index (Phi) is 3.08. The van der Waals surface area contributed by atoms with Crippen molar-refractivity contribution in [1.82, 2.24) is 0 Å². The number of carbonyl (C=O) groups is 1. The SMILES string of the molecule is C=CC(=O)Oc1cccc2sc3ccccc3c(=O)c12. The van der Waals surface area contributed by atoms with Crippen molar-refractivity contribution in [3.8, 4) is 5.75 Å². The molecule has 0 radical (unpaired) electrons. The van der Waals surface area contributed by atoms with E-state index in [1.165, 1.54) is 11.3 Å². The molecule has 0 bridgehead atoms. The second-order valence-corrected chi connectivity index (χ2v) is 5.27. The Labute approximate surface area is 118 Å². The molecule has 4 heteroatoms. The Bertz CT molecular complexity index is 893. The average Bonchev–Trinajstić information content (AvgIpc) is 2.47. The summed E-state index contributed by atoms with van der Waals surface area (Å²) in [6.07, 6.45) is 1.08. The lowest BCUT2D eigenvalue weighted by Crippen LogP contribution is -2.08. The van der Waals surface area contributed by atoms with Gasteiger partial charge in [-0.25, -0.2) is 4.79 Å². The maximum Gasteiger partial charge on any atom is 0.335 e. The molecule has 0 aliphatic heterocycles. The normalized spacial score (nSPS) is 10.6. The summed E-state index contributed by atoms with van der Waals surface area (Å²) >= 11 is 1.50. The Morgan fingerprint density at radius 2 is 1.85 bits per heavy atom. The number of rotatable bonds is 2. The first-order chi connectivity index (χ1) is 9.70. The molecule has 0 spiro atoms. The van der Waals surface area contributed by atoms with Crippen molar-refractivity contribution >= 4 is 37.5 Å². The molecule has 0 saturated carbocycles. The molecule has 3 rings (SSSR count). The van der Waals surface area contributed by atoms with Gasteiger partial charge in [-0.2, -0.15) is 0 Å². The fourth-order valence-electron chi connectivity index (χ4n) is 2.05. The summed E-state index contributed by atoms with van der Waals surface area (Å²) in [7, 11) is 0. The molecule has 0 aliphatic carbocycles. The highest BCUT2D eigenvalue weighted by Gasteiger charge is 2.12. The Hall–Kier alpha value is -2.46. The van der Waals surface area contributed by atoms with E-state index in [1.807, 2.05) is 24.3 Å². The third kappa shape index (κ3) is 2.00. The Morgan fingerprint density at radius 1 is 1.10 bits per heavy atom. The van der Waals surface area contributed by atoms with Crippen molar-refractivity contribution in [3.05, 3.63) is 65.3 Å². The van der Waals surface area contributed by atoms with Crippen LogP contribution in [0.25, 0.3) is 20.2 Å². The predicted octanol–water partition coefficient (Wildman–Crippen LogP) is 3.51. The molecule has 0 amide bonds. The van der Waals surface area contributed by atoms with Crippen molar-refractivity contribution in [2.75, 3.05) is 0 Å². The lowest BCUT2D eigenvalue weighted by Gasteiger charge is -2.06. The van der Waals surface area contributed by atoms with Crippen LogP contribution >= 0.6 is 11.3 Å². The summed E-state index contributed by atoms with van der Waals surface area (Å²) in [5.41, 5.74) is -0.123. The molecule has 0 unspecified atom stereocenters.